The molecule has 0 unspecified atom stereocenters. The Morgan fingerprint density at radius 2 is 2.07 bits per heavy atom. The molecule has 0 saturated heterocycles. The van der Waals surface area contributed by atoms with E-state index in [1.807, 2.05) is 0 Å². The van der Waals surface area contributed by atoms with Crippen molar-refractivity contribution in [2.75, 3.05) is 7.11 Å². The highest BCUT2D eigenvalue weighted by atomic mass is 16.5. The van der Waals surface area contributed by atoms with Crippen molar-refractivity contribution in [1.82, 2.24) is 0 Å². The summed E-state index contributed by atoms with van der Waals surface area (Å²) in [5.74, 6) is 0.488. The Balaban J connectivity index is 3.42. The molecule has 3 heteroatoms. The van der Waals surface area contributed by atoms with Gasteiger partial charge in [-0.05, 0) is 31.5 Å². The highest BCUT2D eigenvalue weighted by molar-refractivity contribution is 6.02. The van der Waals surface area contributed by atoms with Crippen LogP contribution in [0.1, 0.15) is 33.2 Å². The second-order valence-corrected chi connectivity index (χ2v) is 3.08. The lowest BCUT2D eigenvalue weighted by molar-refractivity contribution is 0.100. The standard InChI is InChI=1S/C11H12O3/c1-7-4-10(14-3)5-9(6-12)11(7)8(2)13/h4-6H,1-3H3. The van der Waals surface area contributed by atoms with Crippen LogP contribution in [0.5, 0.6) is 5.75 Å². The number of carbonyl (C=O) groups is 2. The molecular formula is C11H12O3. The summed E-state index contributed by atoms with van der Waals surface area (Å²) in [6, 6.07) is 3.31. The van der Waals surface area contributed by atoms with E-state index in [9.17, 15) is 9.59 Å². The number of carbonyl (C=O) groups excluding carboxylic acids is 2. The molecule has 0 aromatic heterocycles. The van der Waals surface area contributed by atoms with Crippen LogP contribution in [0.4, 0.5) is 0 Å². The topological polar surface area (TPSA) is 43.4 Å². The van der Waals surface area contributed by atoms with Crippen LogP contribution in [0.25, 0.3) is 0 Å². The van der Waals surface area contributed by atoms with E-state index in [1.165, 1.54) is 14.0 Å². The third-order valence-corrected chi connectivity index (χ3v) is 2.05. The first-order chi connectivity index (χ1) is 6.60. The summed E-state index contributed by atoms with van der Waals surface area (Å²) in [5.41, 5.74) is 1.62. The summed E-state index contributed by atoms with van der Waals surface area (Å²) in [6.07, 6.45) is 0.673. The van der Waals surface area contributed by atoms with Crippen molar-refractivity contribution in [1.29, 1.82) is 0 Å². The van der Waals surface area contributed by atoms with Gasteiger partial charge >= 0.3 is 0 Å². The van der Waals surface area contributed by atoms with Gasteiger partial charge in [-0.3, -0.25) is 9.59 Å². The predicted molar refractivity (Wildman–Crippen MR) is 53.1 cm³/mol. The van der Waals surface area contributed by atoms with Crippen LogP contribution >= 0.6 is 0 Å². The minimum atomic E-state index is -0.104. The molecule has 14 heavy (non-hydrogen) atoms. The molecular weight excluding hydrogens is 180 g/mol. The van der Waals surface area contributed by atoms with Gasteiger partial charge in [0.25, 0.3) is 0 Å². The summed E-state index contributed by atoms with van der Waals surface area (Å²) < 4.78 is 5.00. The second kappa shape index (κ2) is 4.05. The Bertz CT molecular complexity index is 380. The van der Waals surface area contributed by atoms with E-state index in [4.69, 9.17) is 4.74 Å². The molecule has 0 N–H and O–H groups in total. The van der Waals surface area contributed by atoms with Gasteiger partial charge in [0, 0.05) is 11.1 Å². The Morgan fingerprint density at radius 1 is 1.43 bits per heavy atom. The smallest absolute Gasteiger partial charge is 0.160 e. The third kappa shape index (κ3) is 1.82. The minimum absolute atomic E-state index is 0.104. The minimum Gasteiger partial charge on any atom is -0.497 e. The monoisotopic (exact) mass is 192 g/mol. The van der Waals surface area contributed by atoms with E-state index in [1.54, 1.807) is 19.1 Å². The molecule has 0 amide bonds. The highest BCUT2D eigenvalue weighted by Gasteiger charge is 2.11. The number of aldehydes is 1. The maximum absolute atomic E-state index is 11.2. The Hall–Kier alpha value is -1.64. The zero-order valence-corrected chi connectivity index (χ0v) is 8.46. The number of rotatable bonds is 3. The molecule has 3 nitrogen and oxygen atoms in total. The number of ketones is 1. The zero-order chi connectivity index (χ0) is 10.7. The molecule has 0 fully saturated rings. The lowest BCUT2D eigenvalue weighted by atomic mass is 9.99. The first-order valence-corrected chi connectivity index (χ1v) is 4.25. The fraction of sp³-hybridized carbons (Fsp3) is 0.273. The number of hydrogen-bond donors (Lipinski definition) is 0. The number of hydrogen-bond acceptors (Lipinski definition) is 3. The van der Waals surface area contributed by atoms with Crippen LogP contribution in [0.3, 0.4) is 0 Å². The molecule has 0 spiro atoms. The fourth-order valence-corrected chi connectivity index (χ4v) is 1.47. The van der Waals surface area contributed by atoms with Crippen LogP contribution in [0.15, 0.2) is 12.1 Å². The van der Waals surface area contributed by atoms with E-state index in [2.05, 4.69) is 0 Å². The molecule has 0 saturated carbocycles. The van der Waals surface area contributed by atoms with Gasteiger partial charge < -0.3 is 4.74 Å². The van der Waals surface area contributed by atoms with E-state index < -0.39 is 0 Å². The molecule has 1 aromatic rings. The predicted octanol–water partition coefficient (Wildman–Crippen LogP) is 2.02. The van der Waals surface area contributed by atoms with E-state index in [0.29, 0.717) is 23.2 Å². The summed E-state index contributed by atoms with van der Waals surface area (Å²) in [6.45, 7) is 3.23. The van der Waals surface area contributed by atoms with E-state index >= 15 is 0 Å². The Kier molecular flexibility index (Phi) is 3.02. The van der Waals surface area contributed by atoms with Gasteiger partial charge in [0.2, 0.25) is 0 Å². The normalized spacial score (nSPS) is 9.64. The first-order valence-electron chi connectivity index (χ1n) is 4.25. The van der Waals surface area contributed by atoms with Gasteiger partial charge in [0.15, 0.2) is 12.1 Å². The fourth-order valence-electron chi connectivity index (χ4n) is 1.47. The molecule has 0 atom stereocenters. The second-order valence-electron chi connectivity index (χ2n) is 3.08. The summed E-state index contributed by atoms with van der Waals surface area (Å²) in [7, 11) is 1.52. The number of aryl methyl sites for hydroxylation is 1. The molecule has 0 bridgehead atoms. The van der Waals surface area contributed by atoms with Gasteiger partial charge in [-0.1, -0.05) is 0 Å². The Labute approximate surface area is 82.7 Å². The number of ether oxygens (including phenoxy) is 1. The highest BCUT2D eigenvalue weighted by Crippen LogP contribution is 2.21. The van der Waals surface area contributed by atoms with Gasteiger partial charge in [-0.15, -0.1) is 0 Å². The molecule has 0 aliphatic heterocycles. The number of benzene rings is 1. The van der Waals surface area contributed by atoms with Gasteiger partial charge in [0.05, 0.1) is 7.11 Å². The lowest BCUT2D eigenvalue weighted by Crippen LogP contribution is -2.02. The maximum Gasteiger partial charge on any atom is 0.160 e. The quantitative estimate of drug-likeness (QED) is 0.543. The van der Waals surface area contributed by atoms with Crippen molar-refractivity contribution in [3.8, 4) is 5.75 Å². The molecule has 1 rings (SSSR count). The van der Waals surface area contributed by atoms with Gasteiger partial charge in [-0.2, -0.15) is 0 Å². The van der Waals surface area contributed by atoms with Crippen LogP contribution in [-0.4, -0.2) is 19.2 Å². The summed E-state index contributed by atoms with van der Waals surface area (Å²) in [4.78, 5) is 22.0. The largest absolute Gasteiger partial charge is 0.497 e. The van der Waals surface area contributed by atoms with Crippen LogP contribution in [0.2, 0.25) is 0 Å². The third-order valence-electron chi connectivity index (χ3n) is 2.05. The van der Waals surface area contributed by atoms with Crippen LogP contribution in [0, 0.1) is 6.92 Å². The average molecular weight is 192 g/mol. The van der Waals surface area contributed by atoms with Crippen LogP contribution < -0.4 is 4.74 Å². The molecule has 0 heterocycles. The summed E-state index contributed by atoms with van der Waals surface area (Å²) in [5, 5.41) is 0. The molecule has 0 radical (unpaired) electrons. The summed E-state index contributed by atoms with van der Waals surface area (Å²) >= 11 is 0. The molecule has 74 valence electrons. The van der Waals surface area contributed by atoms with Crippen LogP contribution in [-0.2, 0) is 0 Å². The SMILES string of the molecule is COc1cc(C)c(C(C)=O)c(C=O)c1. The van der Waals surface area contributed by atoms with Crippen molar-refractivity contribution < 1.29 is 14.3 Å². The van der Waals surface area contributed by atoms with Crippen molar-refractivity contribution in [3.05, 3.63) is 28.8 Å². The van der Waals surface area contributed by atoms with Crippen molar-refractivity contribution in [2.45, 2.75) is 13.8 Å². The Morgan fingerprint density at radius 3 is 2.50 bits per heavy atom. The van der Waals surface area contributed by atoms with E-state index in [0.717, 1.165) is 5.56 Å². The van der Waals surface area contributed by atoms with E-state index in [-0.39, 0.29) is 5.78 Å². The molecule has 0 aliphatic rings. The first kappa shape index (κ1) is 10.4. The van der Waals surface area contributed by atoms with Crippen molar-refractivity contribution in [3.63, 3.8) is 0 Å². The maximum atomic E-state index is 11.2. The van der Waals surface area contributed by atoms with Gasteiger partial charge in [-0.25, -0.2) is 0 Å². The van der Waals surface area contributed by atoms with Gasteiger partial charge in [0.1, 0.15) is 5.75 Å². The van der Waals surface area contributed by atoms with Crippen molar-refractivity contribution >= 4 is 12.1 Å². The lowest BCUT2D eigenvalue weighted by Gasteiger charge is -2.08. The zero-order valence-electron chi connectivity index (χ0n) is 8.46. The van der Waals surface area contributed by atoms with Crippen molar-refractivity contribution in [2.24, 2.45) is 0 Å². The molecule has 0 aliphatic carbocycles. The number of methoxy groups -OCH3 is 1. The number of Topliss-reactive ketones (excluding diaryl/α,β-unsaturated/α-hetero) is 1. The average Bonchev–Trinajstić information content (AvgIpc) is 2.15. The molecule has 1 aromatic carbocycles.